The van der Waals surface area contributed by atoms with Gasteiger partial charge in [0.1, 0.15) is 6.54 Å². The Morgan fingerprint density at radius 1 is 1.11 bits per heavy atom. The third kappa shape index (κ3) is 4.09. The van der Waals surface area contributed by atoms with Crippen molar-refractivity contribution in [2.24, 2.45) is 0 Å². The second-order valence-electron chi connectivity index (χ2n) is 4.84. The molecule has 0 saturated heterocycles. The topological polar surface area (TPSA) is 35.1 Å². The summed E-state index contributed by atoms with van der Waals surface area (Å²) < 4.78 is 11.6. The van der Waals surface area contributed by atoms with Gasteiger partial charge in [-0.05, 0) is 24.0 Å². The van der Waals surface area contributed by atoms with Gasteiger partial charge in [0.15, 0.2) is 0 Å². The zero-order valence-electron chi connectivity index (χ0n) is 11.2. The number of ether oxygens (including phenoxy) is 2. The second kappa shape index (κ2) is 7.52. The van der Waals surface area contributed by atoms with Gasteiger partial charge in [-0.2, -0.15) is 0 Å². The van der Waals surface area contributed by atoms with E-state index in [-0.39, 0.29) is 6.29 Å². The van der Waals surface area contributed by atoms with Crippen LogP contribution < -0.4 is 5.32 Å². The highest BCUT2D eigenvalue weighted by Crippen LogP contribution is 2.17. The fourth-order valence-corrected chi connectivity index (χ4v) is 2.18. The maximum atomic E-state index is 5.78. The van der Waals surface area contributed by atoms with Crippen LogP contribution >= 0.6 is 0 Å². The standard InChI is InChI=1S/C15H23NO2/c1-2-3-6-9-16-10-15-17-11-13-7-4-5-8-14(13)12-18-15/h4-5,7-8,15-16H,2-3,6,9-12H2,1H3/p+1. The first-order valence-corrected chi connectivity index (χ1v) is 7.02. The van der Waals surface area contributed by atoms with E-state index < -0.39 is 0 Å². The zero-order valence-corrected chi connectivity index (χ0v) is 11.2. The number of hydrogen-bond donors (Lipinski definition) is 1. The Hall–Kier alpha value is -0.900. The Labute approximate surface area is 109 Å². The molecule has 1 aliphatic rings. The van der Waals surface area contributed by atoms with E-state index >= 15 is 0 Å². The van der Waals surface area contributed by atoms with E-state index in [2.05, 4.69) is 36.5 Å². The molecule has 0 bridgehead atoms. The van der Waals surface area contributed by atoms with Crippen LogP contribution in [0.3, 0.4) is 0 Å². The van der Waals surface area contributed by atoms with E-state index in [9.17, 15) is 0 Å². The maximum absolute atomic E-state index is 5.78. The molecule has 3 nitrogen and oxygen atoms in total. The molecule has 1 heterocycles. The van der Waals surface area contributed by atoms with Gasteiger partial charge in [0.25, 0.3) is 0 Å². The molecule has 0 aromatic heterocycles. The molecule has 0 saturated carbocycles. The zero-order chi connectivity index (χ0) is 12.6. The van der Waals surface area contributed by atoms with Gasteiger partial charge in [-0.1, -0.05) is 37.6 Å². The van der Waals surface area contributed by atoms with Crippen LogP contribution in [0.4, 0.5) is 0 Å². The average Bonchev–Trinajstić information content (AvgIpc) is 2.61. The fourth-order valence-electron chi connectivity index (χ4n) is 2.18. The molecule has 100 valence electrons. The van der Waals surface area contributed by atoms with Gasteiger partial charge in [-0.15, -0.1) is 0 Å². The van der Waals surface area contributed by atoms with Gasteiger partial charge in [-0.25, -0.2) is 0 Å². The Kier molecular flexibility index (Phi) is 5.65. The van der Waals surface area contributed by atoms with Gasteiger partial charge >= 0.3 is 0 Å². The predicted molar refractivity (Wildman–Crippen MR) is 71.0 cm³/mol. The molecular formula is C15H24NO2+. The molecule has 3 heteroatoms. The number of unbranched alkanes of at least 4 members (excludes halogenated alkanes) is 2. The van der Waals surface area contributed by atoms with Crippen LogP contribution in [0.15, 0.2) is 24.3 Å². The van der Waals surface area contributed by atoms with Crippen molar-refractivity contribution in [2.75, 3.05) is 13.1 Å². The highest BCUT2D eigenvalue weighted by molar-refractivity contribution is 5.26. The first-order valence-electron chi connectivity index (χ1n) is 7.02. The molecule has 2 rings (SSSR count). The molecule has 1 aromatic carbocycles. The Bertz CT molecular complexity index is 327. The Morgan fingerprint density at radius 2 is 1.78 bits per heavy atom. The van der Waals surface area contributed by atoms with E-state index in [0.717, 1.165) is 6.54 Å². The highest BCUT2D eigenvalue weighted by Gasteiger charge is 2.17. The number of nitrogens with two attached hydrogens (primary N) is 1. The summed E-state index contributed by atoms with van der Waals surface area (Å²) in [7, 11) is 0. The monoisotopic (exact) mass is 250 g/mol. The molecule has 18 heavy (non-hydrogen) atoms. The third-order valence-electron chi connectivity index (χ3n) is 3.34. The van der Waals surface area contributed by atoms with E-state index in [1.807, 2.05) is 0 Å². The van der Waals surface area contributed by atoms with E-state index in [4.69, 9.17) is 9.47 Å². The summed E-state index contributed by atoms with van der Waals surface area (Å²) >= 11 is 0. The number of quaternary nitrogens is 1. The molecular weight excluding hydrogens is 226 g/mol. The predicted octanol–water partition coefficient (Wildman–Crippen LogP) is 1.81. The van der Waals surface area contributed by atoms with Crippen molar-refractivity contribution in [2.45, 2.75) is 45.7 Å². The van der Waals surface area contributed by atoms with Gasteiger partial charge in [0, 0.05) is 0 Å². The van der Waals surface area contributed by atoms with Crippen molar-refractivity contribution in [3.8, 4) is 0 Å². The minimum atomic E-state index is -0.0703. The largest absolute Gasteiger partial charge is 0.343 e. The van der Waals surface area contributed by atoms with Crippen molar-refractivity contribution in [1.82, 2.24) is 0 Å². The number of rotatable bonds is 6. The van der Waals surface area contributed by atoms with Crippen LogP contribution in [0.25, 0.3) is 0 Å². The van der Waals surface area contributed by atoms with Crippen molar-refractivity contribution in [1.29, 1.82) is 0 Å². The molecule has 0 atom stereocenters. The first-order chi connectivity index (χ1) is 8.90. The van der Waals surface area contributed by atoms with Gasteiger partial charge in [0.05, 0.1) is 19.8 Å². The summed E-state index contributed by atoms with van der Waals surface area (Å²) in [6.07, 6.45) is 3.80. The van der Waals surface area contributed by atoms with Crippen LogP contribution in [-0.2, 0) is 22.7 Å². The lowest BCUT2D eigenvalue weighted by Gasteiger charge is -2.13. The van der Waals surface area contributed by atoms with Gasteiger partial charge in [0.2, 0.25) is 6.29 Å². The number of fused-ring (bicyclic) bond motifs is 1. The molecule has 1 aliphatic heterocycles. The minimum Gasteiger partial charge on any atom is -0.343 e. The Balaban J connectivity index is 1.71. The molecule has 0 amide bonds. The van der Waals surface area contributed by atoms with Crippen LogP contribution in [0, 0.1) is 0 Å². The van der Waals surface area contributed by atoms with Crippen LogP contribution in [0.1, 0.15) is 37.3 Å². The third-order valence-corrected chi connectivity index (χ3v) is 3.34. The van der Waals surface area contributed by atoms with Crippen molar-refractivity contribution < 1.29 is 14.8 Å². The van der Waals surface area contributed by atoms with E-state index in [1.165, 1.54) is 36.9 Å². The minimum absolute atomic E-state index is 0.0703. The van der Waals surface area contributed by atoms with Crippen LogP contribution in [0.5, 0.6) is 0 Å². The Morgan fingerprint density at radius 3 is 2.39 bits per heavy atom. The van der Waals surface area contributed by atoms with Crippen molar-refractivity contribution in [3.05, 3.63) is 35.4 Å². The van der Waals surface area contributed by atoms with Gasteiger partial charge < -0.3 is 14.8 Å². The lowest BCUT2D eigenvalue weighted by molar-refractivity contribution is -0.668. The summed E-state index contributed by atoms with van der Waals surface area (Å²) in [4.78, 5) is 0. The van der Waals surface area contributed by atoms with E-state index in [0.29, 0.717) is 13.2 Å². The maximum Gasteiger partial charge on any atom is 0.208 e. The first kappa shape index (κ1) is 13.5. The molecule has 2 N–H and O–H groups in total. The highest BCUT2D eigenvalue weighted by atomic mass is 16.7. The molecule has 0 spiro atoms. The summed E-state index contributed by atoms with van der Waals surface area (Å²) in [5.41, 5.74) is 2.51. The van der Waals surface area contributed by atoms with E-state index in [1.54, 1.807) is 0 Å². The number of benzene rings is 1. The average molecular weight is 250 g/mol. The summed E-state index contributed by atoms with van der Waals surface area (Å²) in [5.74, 6) is 0. The molecule has 0 radical (unpaired) electrons. The molecule has 0 aliphatic carbocycles. The lowest BCUT2D eigenvalue weighted by atomic mass is 10.1. The molecule has 1 aromatic rings. The smallest absolute Gasteiger partial charge is 0.208 e. The molecule has 0 unspecified atom stereocenters. The number of hydrogen-bond acceptors (Lipinski definition) is 2. The summed E-state index contributed by atoms with van der Waals surface area (Å²) in [6.45, 7) is 5.64. The fraction of sp³-hybridized carbons (Fsp3) is 0.600. The quantitative estimate of drug-likeness (QED) is 0.782. The lowest BCUT2D eigenvalue weighted by Crippen LogP contribution is -2.86. The molecule has 0 fully saturated rings. The van der Waals surface area contributed by atoms with Crippen LogP contribution in [0.2, 0.25) is 0 Å². The summed E-state index contributed by atoms with van der Waals surface area (Å²) in [5, 5.41) is 2.30. The normalized spacial score (nSPS) is 16.3. The SMILES string of the molecule is CCCCC[NH2+]CC1OCc2ccccc2CO1. The van der Waals surface area contributed by atoms with Gasteiger partial charge in [-0.3, -0.25) is 0 Å². The second-order valence-corrected chi connectivity index (χ2v) is 4.84. The van der Waals surface area contributed by atoms with Crippen molar-refractivity contribution in [3.63, 3.8) is 0 Å². The van der Waals surface area contributed by atoms with Crippen molar-refractivity contribution >= 4 is 0 Å². The summed E-state index contributed by atoms with van der Waals surface area (Å²) in [6, 6.07) is 8.34. The van der Waals surface area contributed by atoms with Crippen LogP contribution in [-0.4, -0.2) is 19.4 Å².